The lowest BCUT2D eigenvalue weighted by Gasteiger charge is -2.19. The highest BCUT2D eigenvalue weighted by Crippen LogP contribution is 2.10. The van der Waals surface area contributed by atoms with Crippen LogP contribution < -0.4 is 5.32 Å². The van der Waals surface area contributed by atoms with E-state index in [1.54, 1.807) is 0 Å². The van der Waals surface area contributed by atoms with Crippen molar-refractivity contribution in [3.05, 3.63) is 30.3 Å². The normalized spacial score (nSPS) is 10.8. The molecule has 0 aliphatic heterocycles. The van der Waals surface area contributed by atoms with E-state index >= 15 is 0 Å². The first kappa shape index (κ1) is 10.6. The number of anilines is 1. The Balaban J connectivity index is 0.00000196. The Kier molecular flexibility index (Phi) is 3.12. The molecule has 0 aromatic heterocycles. The van der Waals surface area contributed by atoms with Gasteiger partial charge in [-0.05, 0) is 32.9 Å². The van der Waals surface area contributed by atoms with Gasteiger partial charge < -0.3 is 4.74 Å². The third-order valence-electron chi connectivity index (χ3n) is 1.42. The first-order valence-electron chi connectivity index (χ1n) is 4.52. The van der Waals surface area contributed by atoms with Gasteiger partial charge in [0.25, 0.3) is 0 Å². The van der Waals surface area contributed by atoms with Gasteiger partial charge in [0, 0.05) is 7.11 Å². The first-order valence-corrected chi connectivity index (χ1v) is 4.52. The van der Waals surface area contributed by atoms with E-state index in [1.807, 2.05) is 51.1 Å². The Morgan fingerprint density at radius 2 is 1.86 bits per heavy atom. The summed E-state index contributed by atoms with van der Waals surface area (Å²) in [5.41, 5.74) is 0.278. The summed E-state index contributed by atoms with van der Waals surface area (Å²) in [6.45, 7) is 5.49. The number of carbonyl (C=O) groups excluding carboxylic acids is 1. The van der Waals surface area contributed by atoms with E-state index in [-0.39, 0.29) is 1.43 Å². The zero-order valence-electron chi connectivity index (χ0n) is 8.70. The molecule has 3 heteroatoms. The van der Waals surface area contributed by atoms with Crippen LogP contribution in [0.2, 0.25) is 0 Å². The third kappa shape index (κ3) is 3.94. The van der Waals surface area contributed by atoms with E-state index in [0.29, 0.717) is 0 Å². The van der Waals surface area contributed by atoms with Gasteiger partial charge in [0.15, 0.2) is 0 Å². The zero-order valence-corrected chi connectivity index (χ0v) is 8.70. The van der Waals surface area contributed by atoms with E-state index < -0.39 is 11.7 Å². The molecule has 0 aliphatic carbocycles. The molecule has 0 atom stereocenters. The molecule has 0 spiro atoms. The molecule has 0 saturated carbocycles. The van der Waals surface area contributed by atoms with Crippen molar-refractivity contribution in [2.75, 3.05) is 5.32 Å². The van der Waals surface area contributed by atoms with E-state index in [1.165, 1.54) is 0 Å². The van der Waals surface area contributed by atoms with Crippen LogP contribution in [0.25, 0.3) is 0 Å². The average Bonchev–Trinajstić information content (AvgIpc) is 2.02. The van der Waals surface area contributed by atoms with Crippen molar-refractivity contribution in [2.45, 2.75) is 26.4 Å². The Bertz CT molecular complexity index is 306. The van der Waals surface area contributed by atoms with Gasteiger partial charge in [0.05, 0.1) is 0 Å². The lowest BCUT2D eigenvalue weighted by atomic mass is 10.2. The smallest absolute Gasteiger partial charge is 0.412 e. The van der Waals surface area contributed by atoms with E-state index in [2.05, 4.69) is 5.32 Å². The molecule has 0 bridgehead atoms. The van der Waals surface area contributed by atoms with E-state index in [4.69, 9.17) is 4.74 Å². The standard InChI is InChI=1S/C11H15NO2.H2/c1-11(2,3)14-10(13)12-9-7-5-4-6-8-9;/h4-8H,1-3H3,(H,12,13);1H. The Morgan fingerprint density at radius 3 is 2.36 bits per heavy atom. The van der Waals surface area contributed by atoms with Crippen LogP contribution in [0.15, 0.2) is 30.3 Å². The van der Waals surface area contributed by atoms with Gasteiger partial charge in [0.2, 0.25) is 0 Å². The van der Waals surface area contributed by atoms with Crippen molar-refractivity contribution in [2.24, 2.45) is 0 Å². The molecule has 0 aliphatic rings. The highest BCUT2D eigenvalue weighted by Gasteiger charge is 2.15. The molecule has 0 saturated heterocycles. The van der Waals surface area contributed by atoms with E-state index in [9.17, 15) is 4.79 Å². The Labute approximate surface area is 85.6 Å². The van der Waals surface area contributed by atoms with Gasteiger partial charge in [-0.15, -0.1) is 0 Å². The second kappa shape index (κ2) is 4.13. The molecule has 0 heterocycles. The molecule has 0 unspecified atom stereocenters. The number of ether oxygens (including phenoxy) is 1. The number of benzene rings is 1. The van der Waals surface area contributed by atoms with Gasteiger partial charge in [-0.3, -0.25) is 5.32 Å². The minimum Gasteiger partial charge on any atom is -0.444 e. The maximum absolute atomic E-state index is 11.3. The highest BCUT2D eigenvalue weighted by atomic mass is 16.6. The van der Waals surface area contributed by atoms with Crippen LogP contribution in [-0.4, -0.2) is 11.7 Å². The van der Waals surface area contributed by atoms with Crippen LogP contribution in [-0.2, 0) is 4.74 Å². The molecule has 1 aromatic rings. The number of hydrogen-bond acceptors (Lipinski definition) is 2. The summed E-state index contributed by atoms with van der Waals surface area (Å²) in [4.78, 5) is 11.3. The van der Waals surface area contributed by atoms with Crippen molar-refractivity contribution in [1.82, 2.24) is 0 Å². The maximum atomic E-state index is 11.3. The van der Waals surface area contributed by atoms with Crippen LogP contribution in [0, 0.1) is 0 Å². The van der Waals surface area contributed by atoms with Gasteiger partial charge >= 0.3 is 6.09 Å². The summed E-state index contributed by atoms with van der Waals surface area (Å²) < 4.78 is 5.09. The van der Waals surface area contributed by atoms with Crippen LogP contribution in [0.3, 0.4) is 0 Å². The fourth-order valence-corrected chi connectivity index (χ4v) is 0.943. The molecule has 1 N–H and O–H groups in total. The quantitative estimate of drug-likeness (QED) is 0.746. The number of carbonyl (C=O) groups is 1. The molecular formula is C11H17NO2. The molecule has 78 valence electrons. The third-order valence-corrected chi connectivity index (χ3v) is 1.42. The Morgan fingerprint density at radius 1 is 1.29 bits per heavy atom. The average molecular weight is 195 g/mol. The minimum absolute atomic E-state index is 0. The van der Waals surface area contributed by atoms with Crippen molar-refractivity contribution in [3.63, 3.8) is 0 Å². The lowest BCUT2D eigenvalue weighted by Crippen LogP contribution is -2.27. The summed E-state index contributed by atoms with van der Waals surface area (Å²) >= 11 is 0. The minimum atomic E-state index is -0.459. The molecule has 0 radical (unpaired) electrons. The molecule has 1 rings (SSSR count). The summed E-state index contributed by atoms with van der Waals surface area (Å²) in [6.07, 6.45) is -0.427. The topological polar surface area (TPSA) is 38.3 Å². The van der Waals surface area contributed by atoms with Gasteiger partial charge in [-0.1, -0.05) is 18.2 Å². The maximum Gasteiger partial charge on any atom is 0.412 e. The summed E-state index contributed by atoms with van der Waals surface area (Å²) in [5.74, 6) is 0. The monoisotopic (exact) mass is 195 g/mol. The van der Waals surface area contributed by atoms with Crippen LogP contribution >= 0.6 is 0 Å². The SMILES string of the molecule is CC(C)(C)OC(=O)Nc1ccccc1.[HH]. The van der Waals surface area contributed by atoms with Crippen LogP contribution in [0.5, 0.6) is 0 Å². The summed E-state index contributed by atoms with van der Waals surface area (Å²) in [6, 6.07) is 9.22. The fourth-order valence-electron chi connectivity index (χ4n) is 0.943. The Hall–Kier alpha value is -1.51. The second-order valence-electron chi connectivity index (χ2n) is 3.99. The highest BCUT2D eigenvalue weighted by molar-refractivity contribution is 5.84. The summed E-state index contributed by atoms with van der Waals surface area (Å²) in [7, 11) is 0. The number of nitrogens with one attached hydrogen (secondary N) is 1. The number of rotatable bonds is 1. The molecule has 14 heavy (non-hydrogen) atoms. The van der Waals surface area contributed by atoms with Gasteiger partial charge in [-0.25, -0.2) is 4.79 Å². The molecule has 0 fully saturated rings. The number of para-hydroxylation sites is 1. The van der Waals surface area contributed by atoms with Crippen molar-refractivity contribution in [3.8, 4) is 0 Å². The first-order chi connectivity index (χ1) is 6.47. The lowest BCUT2D eigenvalue weighted by molar-refractivity contribution is 0.0636. The number of hydrogen-bond donors (Lipinski definition) is 1. The molecule has 3 nitrogen and oxygen atoms in total. The van der Waals surface area contributed by atoms with E-state index in [0.717, 1.165) is 5.69 Å². The fraction of sp³-hybridized carbons (Fsp3) is 0.364. The zero-order chi connectivity index (χ0) is 10.6. The molecular weight excluding hydrogens is 178 g/mol. The van der Waals surface area contributed by atoms with Crippen molar-refractivity contribution >= 4 is 11.8 Å². The largest absolute Gasteiger partial charge is 0.444 e. The van der Waals surface area contributed by atoms with Gasteiger partial charge in [-0.2, -0.15) is 0 Å². The molecule has 1 amide bonds. The van der Waals surface area contributed by atoms with Crippen molar-refractivity contribution < 1.29 is 11.0 Å². The van der Waals surface area contributed by atoms with Crippen LogP contribution in [0.1, 0.15) is 22.2 Å². The van der Waals surface area contributed by atoms with Gasteiger partial charge in [0.1, 0.15) is 5.60 Å². The predicted octanol–water partition coefficient (Wildman–Crippen LogP) is 3.28. The number of amides is 1. The van der Waals surface area contributed by atoms with Crippen molar-refractivity contribution in [1.29, 1.82) is 0 Å². The summed E-state index contributed by atoms with van der Waals surface area (Å²) in [5, 5.41) is 2.64. The second-order valence-corrected chi connectivity index (χ2v) is 3.99. The molecule has 1 aromatic carbocycles. The predicted molar refractivity (Wildman–Crippen MR) is 58.4 cm³/mol. The van der Waals surface area contributed by atoms with Crippen LogP contribution in [0.4, 0.5) is 10.5 Å².